The van der Waals surface area contributed by atoms with Crippen molar-refractivity contribution in [2.75, 3.05) is 12.3 Å². The predicted octanol–water partition coefficient (Wildman–Crippen LogP) is 4.67. The van der Waals surface area contributed by atoms with Crippen LogP contribution >= 0.6 is 0 Å². The highest BCUT2D eigenvalue weighted by Gasteiger charge is 2.31. The molecule has 2 heterocycles. The summed E-state index contributed by atoms with van der Waals surface area (Å²) in [6, 6.07) is 8.12. The van der Waals surface area contributed by atoms with Crippen molar-refractivity contribution in [3.63, 3.8) is 0 Å². The lowest BCUT2D eigenvalue weighted by molar-refractivity contribution is 0.277. The zero-order valence-electron chi connectivity index (χ0n) is 15.5. The van der Waals surface area contributed by atoms with Crippen molar-refractivity contribution in [3.8, 4) is 17.0 Å². The minimum Gasteiger partial charge on any atom is -0.494 e. The van der Waals surface area contributed by atoms with Crippen LogP contribution in [0.1, 0.15) is 51.3 Å². The Bertz CT molecular complexity index is 912. The van der Waals surface area contributed by atoms with Crippen LogP contribution in [0, 0.1) is 5.92 Å². The van der Waals surface area contributed by atoms with Crippen molar-refractivity contribution in [1.29, 1.82) is 0 Å². The lowest BCUT2D eigenvalue weighted by Crippen LogP contribution is -2.21. The summed E-state index contributed by atoms with van der Waals surface area (Å²) >= 11 is 0. The summed E-state index contributed by atoms with van der Waals surface area (Å²) in [5.41, 5.74) is 9.04. The van der Waals surface area contributed by atoms with Gasteiger partial charge in [-0.05, 0) is 37.3 Å². The van der Waals surface area contributed by atoms with E-state index in [4.69, 9.17) is 15.5 Å². The van der Waals surface area contributed by atoms with Crippen LogP contribution in [0.3, 0.4) is 0 Å². The fourth-order valence-electron chi connectivity index (χ4n) is 3.76. The summed E-state index contributed by atoms with van der Waals surface area (Å²) in [4.78, 5) is 9.30. The van der Waals surface area contributed by atoms with Crippen LogP contribution in [0.25, 0.3) is 16.8 Å². The fraction of sp³-hybridized carbons (Fsp3) is 0.429. The number of anilines is 1. The molecular formula is C21H26N4O. The van der Waals surface area contributed by atoms with Gasteiger partial charge in [0, 0.05) is 23.9 Å². The second-order valence-corrected chi connectivity index (χ2v) is 7.35. The zero-order chi connectivity index (χ0) is 18.1. The molecule has 136 valence electrons. The van der Waals surface area contributed by atoms with Crippen molar-refractivity contribution in [1.82, 2.24) is 14.4 Å². The molecule has 26 heavy (non-hydrogen) atoms. The molecule has 0 radical (unpaired) electrons. The largest absolute Gasteiger partial charge is 0.494 e. The Kier molecular flexibility index (Phi) is 4.53. The van der Waals surface area contributed by atoms with Crippen LogP contribution in [0.4, 0.5) is 5.82 Å². The summed E-state index contributed by atoms with van der Waals surface area (Å²) in [7, 11) is 0. The Hall–Kier alpha value is -2.56. The number of imidazole rings is 1. The summed E-state index contributed by atoms with van der Waals surface area (Å²) in [6.07, 6.45) is 8.27. The van der Waals surface area contributed by atoms with Gasteiger partial charge in [0.25, 0.3) is 0 Å². The molecule has 0 atom stereocenters. The van der Waals surface area contributed by atoms with Gasteiger partial charge in [-0.2, -0.15) is 0 Å². The highest BCUT2D eigenvalue weighted by molar-refractivity contribution is 5.85. The molecule has 1 fully saturated rings. The molecule has 0 amide bonds. The molecule has 0 saturated heterocycles. The first-order valence-electron chi connectivity index (χ1n) is 9.53. The lowest BCUT2D eigenvalue weighted by atomic mass is 9.76. The summed E-state index contributed by atoms with van der Waals surface area (Å²) in [5, 5.41) is 0. The number of unbranched alkanes of at least 4 members (excludes halogenated alkanes) is 1. The predicted molar refractivity (Wildman–Crippen MR) is 104 cm³/mol. The minimum absolute atomic E-state index is 0.497. The molecule has 5 nitrogen and oxygen atoms in total. The normalized spacial score (nSPS) is 19.5. The van der Waals surface area contributed by atoms with Crippen LogP contribution in [0.2, 0.25) is 0 Å². The van der Waals surface area contributed by atoms with E-state index in [1.54, 1.807) is 6.20 Å². The van der Waals surface area contributed by atoms with Crippen molar-refractivity contribution in [2.24, 2.45) is 5.92 Å². The van der Waals surface area contributed by atoms with Crippen molar-refractivity contribution in [3.05, 3.63) is 42.5 Å². The van der Waals surface area contributed by atoms with Gasteiger partial charge in [-0.15, -0.1) is 0 Å². The molecule has 1 aromatic carbocycles. The van der Waals surface area contributed by atoms with E-state index in [1.165, 1.54) is 12.8 Å². The molecule has 4 rings (SSSR count). The number of nitrogen functional groups attached to an aromatic ring is 1. The third-order valence-corrected chi connectivity index (χ3v) is 5.22. The second kappa shape index (κ2) is 6.98. The van der Waals surface area contributed by atoms with Gasteiger partial charge in [0.1, 0.15) is 28.6 Å². The lowest BCUT2D eigenvalue weighted by Gasteiger charge is -2.31. The molecule has 0 unspecified atom stereocenters. The van der Waals surface area contributed by atoms with Gasteiger partial charge in [0.05, 0.1) is 6.61 Å². The number of rotatable bonds is 6. The van der Waals surface area contributed by atoms with E-state index in [-0.39, 0.29) is 0 Å². The van der Waals surface area contributed by atoms with Crippen molar-refractivity contribution in [2.45, 2.75) is 45.4 Å². The van der Waals surface area contributed by atoms with Crippen LogP contribution < -0.4 is 10.5 Å². The van der Waals surface area contributed by atoms with Crippen molar-refractivity contribution < 1.29 is 4.74 Å². The minimum atomic E-state index is 0.497. The molecule has 1 aliphatic carbocycles. The van der Waals surface area contributed by atoms with E-state index in [9.17, 15) is 0 Å². The molecule has 0 aliphatic heterocycles. The second-order valence-electron chi connectivity index (χ2n) is 7.35. The van der Waals surface area contributed by atoms with E-state index < -0.39 is 0 Å². The number of hydrogen-bond donors (Lipinski definition) is 1. The van der Waals surface area contributed by atoms with E-state index in [2.05, 4.69) is 35.4 Å². The molecule has 1 aliphatic rings. The Balaban J connectivity index is 1.75. The van der Waals surface area contributed by atoms with E-state index in [1.807, 2.05) is 18.3 Å². The topological polar surface area (TPSA) is 65.4 Å². The number of hydrogen-bond acceptors (Lipinski definition) is 4. The van der Waals surface area contributed by atoms with Gasteiger partial charge in [-0.25, -0.2) is 9.97 Å². The van der Waals surface area contributed by atoms with Gasteiger partial charge in [-0.3, -0.25) is 4.40 Å². The smallest absolute Gasteiger partial charge is 0.150 e. The Morgan fingerprint density at radius 1 is 1.31 bits per heavy atom. The maximum absolute atomic E-state index is 6.23. The first kappa shape index (κ1) is 16.9. The fourth-order valence-corrected chi connectivity index (χ4v) is 3.76. The number of benzene rings is 1. The Morgan fingerprint density at radius 2 is 2.15 bits per heavy atom. The molecule has 2 N–H and O–H groups in total. The highest BCUT2D eigenvalue weighted by atomic mass is 16.5. The Labute approximate surface area is 154 Å². The number of ether oxygens (including phenoxy) is 1. The van der Waals surface area contributed by atoms with Gasteiger partial charge in [-0.1, -0.05) is 32.4 Å². The summed E-state index contributed by atoms with van der Waals surface area (Å²) in [6.45, 7) is 5.19. The van der Waals surface area contributed by atoms with Gasteiger partial charge < -0.3 is 10.5 Å². The summed E-state index contributed by atoms with van der Waals surface area (Å²) in [5.74, 6) is 3.76. The molecule has 5 heteroatoms. The van der Waals surface area contributed by atoms with Gasteiger partial charge >= 0.3 is 0 Å². The Morgan fingerprint density at radius 3 is 2.92 bits per heavy atom. The number of aromatic nitrogens is 3. The zero-order valence-corrected chi connectivity index (χ0v) is 15.5. The van der Waals surface area contributed by atoms with E-state index in [0.717, 1.165) is 53.7 Å². The number of nitrogens with zero attached hydrogens (tertiary/aromatic N) is 3. The van der Waals surface area contributed by atoms with Gasteiger partial charge in [0.15, 0.2) is 0 Å². The maximum Gasteiger partial charge on any atom is 0.150 e. The highest BCUT2D eigenvalue weighted by Crippen LogP contribution is 2.42. The molecular weight excluding hydrogens is 324 g/mol. The molecule has 0 spiro atoms. The number of nitrogens with two attached hydrogens (primary N) is 1. The quantitative estimate of drug-likeness (QED) is 0.656. The monoisotopic (exact) mass is 350 g/mol. The first-order chi connectivity index (χ1) is 12.7. The third-order valence-electron chi connectivity index (χ3n) is 5.22. The van der Waals surface area contributed by atoms with E-state index in [0.29, 0.717) is 11.7 Å². The van der Waals surface area contributed by atoms with Crippen LogP contribution in [0.5, 0.6) is 5.75 Å². The van der Waals surface area contributed by atoms with E-state index >= 15 is 0 Å². The molecule has 0 bridgehead atoms. The maximum atomic E-state index is 6.23. The van der Waals surface area contributed by atoms with Crippen molar-refractivity contribution >= 4 is 11.3 Å². The molecule has 3 aromatic rings. The third kappa shape index (κ3) is 3.02. The summed E-state index contributed by atoms with van der Waals surface area (Å²) < 4.78 is 7.99. The average Bonchev–Trinajstić information content (AvgIpc) is 3.00. The first-order valence-corrected chi connectivity index (χ1v) is 9.53. The van der Waals surface area contributed by atoms with Crippen LogP contribution in [-0.4, -0.2) is 21.0 Å². The van der Waals surface area contributed by atoms with Crippen LogP contribution in [0.15, 0.2) is 36.7 Å². The van der Waals surface area contributed by atoms with Crippen LogP contribution in [-0.2, 0) is 0 Å². The average molecular weight is 350 g/mol. The molecule has 2 aromatic heterocycles. The molecule has 1 saturated carbocycles. The SMILES string of the molecule is CCCCOc1cccc(-c2nc([C@H]3C[C@@H](C)C3)n3ccnc(N)c23)c1. The van der Waals surface area contributed by atoms with Gasteiger partial charge in [0.2, 0.25) is 0 Å². The number of fused-ring (bicyclic) bond motifs is 1. The standard InChI is InChI=1S/C21H26N4O/c1-3-4-10-26-17-7-5-6-15(13-17)18-19-20(22)23-8-9-25(19)21(24-18)16-11-14(2)12-16/h5-9,13-14,16H,3-4,10-12H2,1-2H3,(H2,22,23)/t14-,16+.